The summed E-state index contributed by atoms with van der Waals surface area (Å²) in [5.74, 6) is 0.782. The molecule has 0 radical (unpaired) electrons. The van der Waals surface area contributed by atoms with Gasteiger partial charge in [0.05, 0.1) is 0 Å². The first-order chi connectivity index (χ1) is 9.40. The van der Waals surface area contributed by atoms with Crippen LogP contribution < -0.4 is 5.32 Å². The highest BCUT2D eigenvalue weighted by molar-refractivity contribution is 5.68. The van der Waals surface area contributed by atoms with E-state index in [1.165, 1.54) is 29.5 Å². The second-order valence-corrected chi connectivity index (χ2v) is 7.11. The van der Waals surface area contributed by atoms with Crippen molar-refractivity contribution in [3.8, 4) is 0 Å². The number of hydrogen-bond donors (Lipinski definition) is 1. The topological polar surface area (TPSA) is 38.3 Å². The van der Waals surface area contributed by atoms with Gasteiger partial charge in [-0.25, -0.2) is 4.79 Å². The molecule has 3 heteroatoms. The van der Waals surface area contributed by atoms with Gasteiger partial charge in [0.2, 0.25) is 0 Å². The molecule has 3 rings (SSSR count). The summed E-state index contributed by atoms with van der Waals surface area (Å²) in [6, 6.07) is 6.78. The average molecular weight is 273 g/mol. The summed E-state index contributed by atoms with van der Waals surface area (Å²) in [4.78, 5) is 11.8. The Labute approximate surface area is 120 Å². The van der Waals surface area contributed by atoms with Gasteiger partial charge in [0.15, 0.2) is 0 Å². The Hall–Kier alpha value is -1.51. The van der Waals surface area contributed by atoms with Gasteiger partial charge in [0.1, 0.15) is 6.10 Å². The van der Waals surface area contributed by atoms with Crippen LogP contribution in [0.25, 0.3) is 0 Å². The Morgan fingerprint density at radius 2 is 1.90 bits per heavy atom. The van der Waals surface area contributed by atoms with Crippen LogP contribution in [0.4, 0.5) is 4.79 Å². The summed E-state index contributed by atoms with van der Waals surface area (Å²) < 4.78 is 5.54. The van der Waals surface area contributed by atoms with Crippen LogP contribution in [0.2, 0.25) is 0 Å². The van der Waals surface area contributed by atoms with Crippen LogP contribution in [0.15, 0.2) is 18.2 Å². The molecule has 0 heterocycles. The molecule has 2 aliphatic rings. The lowest BCUT2D eigenvalue weighted by molar-refractivity contribution is 0.0961. The molecule has 1 unspecified atom stereocenters. The van der Waals surface area contributed by atoms with Gasteiger partial charge in [-0.15, -0.1) is 0 Å². The molecule has 2 aliphatic carbocycles. The average Bonchev–Trinajstić information content (AvgIpc) is 3.07. The fourth-order valence-corrected chi connectivity index (χ4v) is 2.84. The zero-order valence-electron chi connectivity index (χ0n) is 12.5. The van der Waals surface area contributed by atoms with E-state index < -0.39 is 0 Å². The summed E-state index contributed by atoms with van der Waals surface area (Å²) >= 11 is 0. The normalized spacial score (nSPS) is 21.4. The summed E-state index contributed by atoms with van der Waals surface area (Å²) in [6.45, 7) is 5.87. The molecule has 0 spiro atoms. The summed E-state index contributed by atoms with van der Waals surface area (Å²) in [5.41, 5.74) is 3.91. The van der Waals surface area contributed by atoms with Crippen molar-refractivity contribution in [1.82, 2.24) is 5.32 Å². The first-order valence-electron chi connectivity index (χ1n) is 7.51. The third-order valence-electron chi connectivity index (χ3n) is 3.93. The maximum atomic E-state index is 11.8. The van der Waals surface area contributed by atoms with Crippen molar-refractivity contribution < 1.29 is 9.53 Å². The largest absolute Gasteiger partial charge is 0.446 e. The van der Waals surface area contributed by atoms with Gasteiger partial charge in [-0.2, -0.15) is 0 Å². The Morgan fingerprint density at radius 3 is 2.55 bits per heavy atom. The monoisotopic (exact) mass is 273 g/mol. The highest BCUT2D eigenvalue weighted by Crippen LogP contribution is 2.41. The first kappa shape index (κ1) is 13.5. The Bertz CT molecular complexity index is 526. The number of fused-ring (bicyclic) bond motifs is 1. The maximum absolute atomic E-state index is 11.8. The minimum absolute atomic E-state index is 0.0122. The number of nitrogens with one attached hydrogen (secondary N) is 1. The van der Waals surface area contributed by atoms with Crippen LogP contribution in [0.1, 0.15) is 56.2 Å². The van der Waals surface area contributed by atoms with Crippen molar-refractivity contribution in [3.05, 3.63) is 34.9 Å². The molecule has 0 aromatic heterocycles. The van der Waals surface area contributed by atoms with Gasteiger partial charge >= 0.3 is 6.09 Å². The zero-order chi connectivity index (χ0) is 14.3. The lowest BCUT2D eigenvalue weighted by Gasteiger charge is -2.21. The van der Waals surface area contributed by atoms with E-state index in [2.05, 4.69) is 23.5 Å². The molecule has 0 aliphatic heterocycles. The van der Waals surface area contributed by atoms with Crippen molar-refractivity contribution in [2.75, 3.05) is 0 Å². The molecule has 1 aromatic carbocycles. The molecule has 1 saturated carbocycles. The van der Waals surface area contributed by atoms with Crippen molar-refractivity contribution in [2.45, 2.75) is 64.0 Å². The van der Waals surface area contributed by atoms with Crippen LogP contribution >= 0.6 is 0 Å². The second kappa shape index (κ2) is 4.80. The Morgan fingerprint density at radius 1 is 1.20 bits per heavy atom. The number of ether oxygens (including phenoxy) is 1. The molecule has 1 atom stereocenters. The highest BCUT2D eigenvalue weighted by atomic mass is 16.6. The highest BCUT2D eigenvalue weighted by Gasteiger charge is 2.29. The molecule has 1 amide bonds. The Balaban J connectivity index is 1.60. The number of alkyl carbamates (subject to hydrolysis) is 1. The lowest BCUT2D eigenvalue weighted by atomic mass is 10.0. The minimum Gasteiger partial charge on any atom is -0.446 e. The summed E-state index contributed by atoms with van der Waals surface area (Å²) in [5, 5.41) is 2.85. The van der Waals surface area contributed by atoms with E-state index >= 15 is 0 Å². The molecule has 3 nitrogen and oxygen atoms in total. The lowest BCUT2D eigenvalue weighted by Crippen LogP contribution is -2.42. The molecule has 0 bridgehead atoms. The van der Waals surface area contributed by atoms with Crippen molar-refractivity contribution >= 4 is 6.09 Å². The molecule has 1 fully saturated rings. The van der Waals surface area contributed by atoms with Crippen molar-refractivity contribution in [1.29, 1.82) is 0 Å². The number of carbonyl (C=O) groups is 1. The van der Waals surface area contributed by atoms with E-state index in [1.54, 1.807) is 0 Å². The minimum atomic E-state index is -0.308. The number of amides is 1. The fourth-order valence-electron chi connectivity index (χ4n) is 2.84. The molecule has 108 valence electrons. The first-order valence-corrected chi connectivity index (χ1v) is 7.51. The maximum Gasteiger partial charge on any atom is 0.407 e. The van der Waals surface area contributed by atoms with Crippen LogP contribution in [-0.4, -0.2) is 17.7 Å². The Kier molecular flexibility index (Phi) is 3.23. The SMILES string of the molecule is CC(C)(C)NC(=O)OC1Cc2ccc(C3CC3)cc2C1. The molecular formula is C17H23NO2. The van der Waals surface area contributed by atoms with E-state index in [-0.39, 0.29) is 17.7 Å². The van der Waals surface area contributed by atoms with Crippen LogP contribution in [0.5, 0.6) is 0 Å². The smallest absolute Gasteiger partial charge is 0.407 e. The van der Waals surface area contributed by atoms with Gasteiger partial charge in [0.25, 0.3) is 0 Å². The van der Waals surface area contributed by atoms with E-state index in [4.69, 9.17) is 4.74 Å². The fraction of sp³-hybridized carbons (Fsp3) is 0.588. The number of benzene rings is 1. The quantitative estimate of drug-likeness (QED) is 0.894. The van der Waals surface area contributed by atoms with Crippen molar-refractivity contribution in [2.24, 2.45) is 0 Å². The molecule has 1 aromatic rings. The molecule has 1 N–H and O–H groups in total. The van der Waals surface area contributed by atoms with Gasteiger partial charge < -0.3 is 10.1 Å². The number of rotatable bonds is 2. The van der Waals surface area contributed by atoms with Gasteiger partial charge in [-0.3, -0.25) is 0 Å². The van der Waals surface area contributed by atoms with Gasteiger partial charge in [-0.05, 0) is 56.2 Å². The third kappa shape index (κ3) is 3.14. The van der Waals surface area contributed by atoms with E-state index in [0.717, 1.165) is 18.8 Å². The predicted octanol–water partition coefficient (Wildman–Crippen LogP) is 3.56. The number of carbonyl (C=O) groups excluding carboxylic acids is 1. The van der Waals surface area contributed by atoms with Gasteiger partial charge in [0, 0.05) is 18.4 Å². The van der Waals surface area contributed by atoms with Gasteiger partial charge in [-0.1, -0.05) is 18.2 Å². The standard InChI is InChI=1S/C17H23NO2/c1-17(2,3)18-16(19)20-15-9-13-7-6-12(11-4-5-11)8-14(13)10-15/h6-8,11,15H,4-5,9-10H2,1-3H3,(H,18,19). The zero-order valence-corrected chi connectivity index (χ0v) is 12.5. The third-order valence-corrected chi connectivity index (χ3v) is 3.93. The van der Waals surface area contributed by atoms with E-state index in [9.17, 15) is 4.79 Å². The van der Waals surface area contributed by atoms with E-state index in [0.29, 0.717) is 0 Å². The number of hydrogen-bond acceptors (Lipinski definition) is 2. The van der Waals surface area contributed by atoms with E-state index in [1.807, 2.05) is 20.8 Å². The summed E-state index contributed by atoms with van der Waals surface area (Å²) in [7, 11) is 0. The predicted molar refractivity (Wildman–Crippen MR) is 79.0 cm³/mol. The van der Waals surface area contributed by atoms with Crippen LogP contribution in [-0.2, 0) is 17.6 Å². The molecule has 0 saturated heterocycles. The van der Waals surface area contributed by atoms with Crippen LogP contribution in [0, 0.1) is 0 Å². The summed E-state index contributed by atoms with van der Waals surface area (Å²) in [6.07, 6.45) is 4.03. The van der Waals surface area contributed by atoms with Crippen molar-refractivity contribution in [3.63, 3.8) is 0 Å². The molecular weight excluding hydrogens is 250 g/mol. The second-order valence-electron chi connectivity index (χ2n) is 7.11. The van der Waals surface area contributed by atoms with Crippen LogP contribution in [0.3, 0.4) is 0 Å². The molecule has 20 heavy (non-hydrogen) atoms.